The molecule has 90 valence electrons. The summed E-state index contributed by atoms with van der Waals surface area (Å²) in [7, 11) is -3.32. The quantitative estimate of drug-likeness (QED) is 0.896. The van der Waals surface area contributed by atoms with Crippen LogP contribution in [0.15, 0.2) is 20.1 Å². The standard InChI is InChI=1S/C9H13BrN2O2S2/c1-7-6-12(4-3-11-7)16(13,14)9-8(10)2-5-15-9/h2,5,7,11H,3-4,6H2,1H3/t7-/m1/s1. The number of piperazine rings is 1. The van der Waals surface area contributed by atoms with Crippen molar-refractivity contribution >= 4 is 37.3 Å². The van der Waals surface area contributed by atoms with Crippen molar-refractivity contribution in [2.24, 2.45) is 0 Å². The molecular formula is C9H13BrN2O2S2. The Morgan fingerprint density at radius 3 is 2.94 bits per heavy atom. The fourth-order valence-electron chi connectivity index (χ4n) is 1.70. The molecule has 0 spiro atoms. The van der Waals surface area contributed by atoms with Gasteiger partial charge in [-0.1, -0.05) is 0 Å². The van der Waals surface area contributed by atoms with Gasteiger partial charge in [-0.25, -0.2) is 8.42 Å². The average Bonchev–Trinajstić information content (AvgIpc) is 2.65. The van der Waals surface area contributed by atoms with E-state index in [1.165, 1.54) is 11.3 Å². The van der Waals surface area contributed by atoms with Gasteiger partial charge in [-0.05, 0) is 34.3 Å². The van der Waals surface area contributed by atoms with Gasteiger partial charge in [0, 0.05) is 30.1 Å². The Morgan fingerprint density at radius 2 is 2.38 bits per heavy atom. The number of rotatable bonds is 2. The molecule has 1 aromatic heterocycles. The molecule has 4 nitrogen and oxygen atoms in total. The summed E-state index contributed by atoms with van der Waals surface area (Å²) in [5.41, 5.74) is 0. The van der Waals surface area contributed by atoms with Crippen LogP contribution in [0.25, 0.3) is 0 Å². The Labute approximate surface area is 108 Å². The van der Waals surface area contributed by atoms with E-state index in [0.717, 1.165) is 0 Å². The second kappa shape index (κ2) is 4.73. The topological polar surface area (TPSA) is 49.4 Å². The summed E-state index contributed by atoms with van der Waals surface area (Å²) >= 11 is 4.53. The van der Waals surface area contributed by atoms with E-state index in [-0.39, 0.29) is 6.04 Å². The Balaban J connectivity index is 2.29. The third-order valence-electron chi connectivity index (χ3n) is 2.49. The third-order valence-corrected chi connectivity index (χ3v) is 7.00. The molecule has 1 atom stereocenters. The Morgan fingerprint density at radius 1 is 1.62 bits per heavy atom. The van der Waals surface area contributed by atoms with Crippen LogP contribution in [0.3, 0.4) is 0 Å². The van der Waals surface area contributed by atoms with E-state index in [9.17, 15) is 8.42 Å². The molecule has 0 unspecified atom stereocenters. The van der Waals surface area contributed by atoms with Crippen molar-refractivity contribution < 1.29 is 8.42 Å². The molecule has 1 fully saturated rings. The zero-order valence-corrected chi connectivity index (χ0v) is 12.0. The van der Waals surface area contributed by atoms with Crippen molar-refractivity contribution in [3.63, 3.8) is 0 Å². The largest absolute Gasteiger partial charge is 0.312 e. The lowest BCUT2D eigenvalue weighted by molar-refractivity contribution is 0.310. The molecular weight excluding hydrogens is 312 g/mol. The summed E-state index contributed by atoms with van der Waals surface area (Å²) < 4.78 is 27.2. The molecule has 1 saturated heterocycles. The van der Waals surface area contributed by atoms with Gasteiger partial charge >= 0.3 is 0 Å². The number of sulfonamides is 1. The van der Waals surface area contributed by atoms with Crippen molar-refractivity contribution in [1.29, 1.82) is 0 Å². The first-order valence-corrected chi connectivity index (χ1v) is 8.09. The smallest absolute Gasteiger partial charge is 0.253 e. The number of nitrogens with one attached hydrogen (secondary N) is 1. The van der Waals surface area contributed by atoms with Gasteiger partial charge in [-0.2, -0.15) is 4.31 Å². The minimum absolute atomic E-state index is 0.210. The normalized spacial score (nSPS) is 23.5. The predicted molar refractivity (Wildman–Crippen MR) is 68.2 cm³/mol. The van der Waals surface area contributed by atoms with Crippen molar-refractivity contribution in [3.8, 4) is 0 Å². The van der Waals surface area contributed by atoms with Crippen molar-refractivity contribution in [3.05, 3.63) is 15.9 Å². The number of halogens is 1. The number of hydrogen-bond donors (Lipinski definition) is 1. The van der Waals surface area contributed by atoms with Crippen molar-refractivity contribution in [1.82, 2.24) is 9.62 Å². The molecule has 2 rings (SSSR count). The van der Waals surface area contributed by atoms with Gasteiger partial charge in [0.2, 0.25) is 0 Å². The van der Waals surface area contributed by atoms with E-state index in [4.69, 9.17) is 0 Å². The summed E-state index contributed by atoms with van der Waals surface area (Å²) in [6, 6.07) is 1.98. The van der Waals surface area contributed by atoms with Gasteiger partial charge in [0.05, 0.1) is 0 Å². The van der Waals surface area contributed by atoms with E-state index < -0.39 is 10.0 Å². The summed E-state index contributed by atoms with van der Waals surface area (Å²) in [4.78, 5) is 0. The van der Waals surface area contributed by atoms with Crippen LogP contribution < -0.4 is 5.32 Å². The van der Waals surface area contributed by atoms with Crippen LogP contribution in [0, 0.1) is 0 Å². The Hall–Kier alpha value is 0.0500. The van der Waals surface area contributed by atoms with Crippen LogP contribution in [0.4, 0.5) is 0 Å². The molecule has 1 aliphatic heterocycles. The van der Waals surface area contributed by atoms with E-state index >= 15 is 0 Å². The molecule has 7 heteroatoms. The van der Waals surface area contributed by atoms with E-state index in [1.54, 1.807) is 15.8 Å². The van der Waals surface area contributed by atoms with E-state index in [2.05, 4.69) is 21.2 Å². The minimum atomic E-state index is -3.32. The van der Waals surface area contributed by atoms with Gasteiger partial charge in [0.25, 0.3) is 10.0 Å². The van der Waals surface area contributed by atoms with E-state index in [0.29, 0.717) is 28.3 Å². The zero-order valence-electron chi connectivity index (χ0n) is 8.81. The molecule has 2 heterocycles. The molecule has 1 N–H and O–H groups in total. The van der Waals surface area contributed by atoms with Gasteiger partial charge in [-0.3, -0.25) is 0 Å². The first-order chi connectivity index (χ1) is 7.51. The lowest BCUT2D eigenvalue weighted by Gasteiger charge is -2.30. The third kappa shape index (κ3) is 2.33. The minimum Gasteiger partial charge on any atom is -0.312 e. The van der Waals surface area contributed by atoms with E-state index in [1.807, 2.05) is 6.92 Å². The molecule has 0 aliphatic carbocycles. The predicted octanol–water partition coefficient (Wildman–Crippen LogP) is 1.49. The summed E-state index contributed by atoms with van der Waals surface area (Å²) in [6.45, 7) is 3.78. The second-order valence-corrected chi connectivity index (χ2v) is 7.68. The number of hydrogen-bond acceptors (Lipinski definition) is 4. The molecule has 0 bridgehead atoms. The van der Waals surface area contributed by atoms with Gasteiger partial charge in [0.1, 0.15) is 4.21 Å². The lowest BCUT2D eigenvalue weighted by atomic mass is 10.3. The summed E-state index contributed by atoms with van der Waals surface area (Å²) in [6.07, 6.45) is 0. The number of thiophene rings is 1. The number of nitrogens with zero attached hydrogens (tertiary/aromatic N) is 1. The molecule has 0 saturated carbocycles. The van der Waals surface area contributed by atoms with Crippen LogP contribution in [0.2, 0.25) is 0 Å². The van der Waals surface area contributed by atoms with Crippen molar-refractivity contribution in [2.75, 3.05) is 19.6 Å². The molecule has 16 heavy (non-hydrogen) atoms. The highest BCUT2D eigenvalue weighted by Crippen LogP contribution is 2.30. The molecule has 1 aromatic rings. The Bertz CT molecular complexity index is 472. The van der Waals surface area contributed by atoms with Crippen LogP contribution >= 0.6 is 27.3 Å². The summed E-state index contributed by atoms with van der Waals surface area (Å²) in [5, 5.41) is 5.01. The van der Waals surface area contributed by atoms with Crippen LogP contribution in [-0.4, -0.2) is 38.4 Å². The maximum absolute atomic E-state index is 12.3. The maximum atomic E-state index is 12.3. The van der Waals surface area contributed by atoms with Gasteiger partial charge in [-0.15, -0.1) is 11.3 Å². The van der Waals surface area contributed by atoms with Gasteiger partial charge in [0.15, 0.2) is 0 Å². The van der Waals surface area contributed by atoms with Gasteiger partial charge < -0.3 is 5.32 Å². The highest BCUT2D eigenvalue weighted by atomic mass is 79.9. The second-order valence-electron chi connectivity index (χ2n) is 3.77. The van der Waals surface area contributed by atoms with Crippen LogP contribution in [-0.2, 0) is 10.0 Å². The summed E-state index contributed by atoms with van der Waals surface area (Å²) in [5.74, 6) is 0. The maximum Gasteiger partial charge on any atom is 0.253 e. The average molecular weight is 325 g/mol. The van der Waals surface area contributed by atoms with Crippen LogP contribution in [0.5, 0.6) is 0 Å². The molecule has 0 radical (unpaired) electrons. The first-order valence-electron chi connectivity index (χ1n) is 4.98. The van der Waals surface area contributed by atoms with Crippen molar-refractivity contribution in [2.45, 2.75) is 17.2 Å². The SMILES string of the molecule is C[C@@H]1CN(S(=O)(=O)c2sccc2Br)CCN1. The molecule has 0 aromatic carbocycles. The fourth-order valence-corrected chi connectivity index (χ4v) is 5.68. The fraction of sp³-hybridized carbons (Fsp3) is 0.556. The highest BCUT2D eigenvalue weighted by Gasteiger charge is 2.30. The van der Waals surface area contributed by atoms with Crippen LogP contribution in [0.1, 0.15) is 6.92 Å². The first kappa shape index (κ1) is 12.5. The lowest BCUT2D eigenvalue weighted by Crippen LogP contribution is -2.51. The zero-order chi connectivity index (χ0) is 11.8. The molecule has 0 amide bonds. The highest BCUT2D eigenvalue weighted by molar-refractivity contribution is 9.10. The Kier molecular flexibility index (Phi) is 3.70. The molecule has 1 aliphatic rings. The monoisotopic (exact) mass is 324 g/mol.